The van der Waals surface area contributed by atoms with E-state index in [-0.39, 0.29) is 24.8 Å². The molecule has 1 amide bonds. The van der Waals surface area contributed by atoms with E-state index in [4.69, 9.17) is 5.11 Å². The summed E-state index contributed by atoms with van der Waals surface area (Å²) in [5.74, 6) is -0.986. The average molecular weight is 263 g/mol. The second kappa shape index (κ2) is 6.96. The Bertz CT molecular complexity index is 333. The van der Waals surface area contributed by atoms with E-state index < -0.39 is 21.5 Å². The van der Waals surface area contributed by atoms with E-state index in [1.165, 1.54) is 6.42 Å². The molecule has 0 aromatic carbocycles. The Labute approximate surface area is 103 Å². The van der Waals surface area contributed by atoms with Gasteiger partial charge in [0.15, 0.2) is 9.84 Å². The minimum atomic E-state index is -3.37. The number of aliphatic hydroxyl groups is 1. The fourth-order valence-electron chi connectivity index (χ4n) is 2.07. The van der Waals surface area contributed by atoms with Crippen LogP contribution in [0.4, 0.5) is 0 Å². The van der Waals surface area contributed by atoms with Crippen LogP contribution in [0.25, 0.3) is 0 Å². The molecule has 0 atom stereocenters. The number of rotatable bonds is 6. The maximum atomic E-state index is 11.5. The van der Waals surface area contributed by atoms with Crippen molar-refractivity contribution >= 4 is 15.7 Å². The van der Waals surface area contributed by atoms with Crippen LogP contribution in [0.1, 0.15) is 38.5 Å². The number of hydrogen-bond donors (Lipinski definition) is 2. The number of aliphatic hydroxyl groups excluding tert-OH is 1. The summed E-state index contributed by atoms with van der Waals surface area (Å²) in [6, 6.07) is 0.143. The molecule has 1 rings (SSSR count). The van der Waals surface area contributed by atoms with Gasteiger partial charge < -0.3 is 10.4 Å². The fourth-order valence-corrected chi connectivity index (χ4v) is 3.27. The lowest BCUT2D eigenvalue weighted by atomic mass is 9.95. The van der Waals surface area contributed by atoms with Crippen LogP contribution in [-0.2, 0) is 14.6 Å². The third kappa shape index (κ3) is 6.02. The van der Waals surface area contributed by atoms with Gasteiger partial charge in [0.05, 0.1) is 5.75 Å². The quantitative estimate of drug-likeness (QED) is 0.718. The smallest absolute Gasteiger partial charge is 0.235 e. The highest BCUT2D eigenvalue weighted by Gasteiger charge is 2.20. The lowest BCUT2D eigenvalue weighted by molar-refractivity contribution is -0.119. The van der Waals surface area contributed by atoms with E-state index in [0.29, 0.717) is 0 Å². The lowest BCUT2D eigenvalue weighted by Gasteiger charge is -2.22. The molecule has 1 saturated carbocycles. The van der Waals surface area contributed by atoms with Gasteiger partial charge in [0, 0.05) is 12.6 Å². The Morgan fingerprint density at radius 3 is 2.47 bits per heavy atom. The van der Waals surface area contributed by atoms with Crippen LogP contribution in [0.3, 0.4) is 0 Å². The first kappa shape index (κ1) is 14.4. The molecule has 0 heterocycles. The molecule has 0 aromatic rings. The molecule has 5 nitrogen and oxygen atoms in total. The zero-order valence-electron chi connectivity index (χ0n) is 10.0. The summed E-state index contributed by atoms with van der Waals surface area (Å²) in [7, 11) is -3.37. The zero-order chi connectivity index (χ0) is 12.7. The summed E-state index contributed by atoms with van der Waals surface area (Å²) < 4.78 is 22.9. The largest absolute Gasteiger partial charge is 0.396 e. The molecule has 0 aromatic heterocycles. The minimum Gasteiger partial charge on any atom is -0.396 e. The van der Waals surface area contributed by atoms with Crippen molar-refractivity contribution in [3.63, 3.8) is 0 Å². The molecule has 0 aliphatic heterocycles. The predicted octanol–water partition coefficient (Wildman–Crippen LogP) is 0.232. The van der Waals surface area contributed by atoms with E-state index in [9.17, 15) is 13.2 Å². The maximum absolute atomic E-state index is 11.5. The van der Waals surface area contributed by atoms with E-state index in [0.717, 1.165) is 25.7 Å². The molecule has 6 heteroatoms. The third-order valence-corrected chi connectivity index (χ3v) is 4.55. The Balaban J connectivity index is 2.32. The average Bonchev–Trinajstić information content (AvgIpc) is 2.27. The van der Waals surface area contributed by atoms with Gasteiger partial charge >= 0.3 is 0 Å². The number of hydrogen-bond acceptors (Lipinski definition) is 4. The standard InChI is InChI=1S/C11H21NO4S/c13-7-4-8-17(15,16)9-11(14)12-10-5-2-1-3-6-10/h10,13H,1-9H2,(H,12,14). The van der Waals surface area contributed by atoms with Gasteiger partial charge in [-0.1, -0.05) is 19.3 Å². The first-order valence-electron chi connectivity index (χ1n) is 6.14. The first-order valence-corrected chi connectivity index (χ1v) is 7.96. The predicted molar refractivity (Wildman–Crippen MR) is 65.4 cm³/mol. The molecule has 0 unspecified atom stereocenters. The van der Waals surface area contributed by atoms with Crippen molar-refractivity contribution in [2.75, 3.05) is 18.1 Å². The molecule has 1 fully saturated rings. The third-order valence-electron chi connectivity index (χ3n) is 2.93. The van der Waals surface area contributed by atoms with Crippen molar-refractivity contribution in [2.24, 2.45) is 0 Å². The second-order valence-corrected chi connectivity index (χ2v) is 6.76. The Morgan fingerprint density at radius 2 is 1.88 bits per heavy atom. The van der Waals surface area contributed by atoms with Crippen LogP contribution in [0, 0.1) is 0 Å². The molecule has 0 spiro atoms. The van der Waals surface area contributed by atoms with Crippen molar-refractivity contribution in [1.82, 2.24) is 5.32 Å². The highest BCUT2D eigenvalue weighted by molar-refractivity contribution is 7.92. The SMILES string of the molecule is O=C(CS(=O)(=O)CCCO)NC1CCCCC1. The molecule has 0 bridgehead atoms. The molecule has 0 saturated heterocycles. The van der Waals surface area contributed by atoms with Gasteiger partial charge in [0.1, 0.15) is 5.75 Å². The van der Waals surface area contributed by atoms with Crippen molar-refractivity contribution in [3.05, 3.63) is 0 Å². The maximum Gasteiger partial charge on any atom is 0.235 e. The van der Waals surface area contributed by atoms with Crippen LogP contribution < -0.4 is 5.32 Å². The topological polar surface area (TPSA) is 83.5 Å². The molecule has 1 aliphatic rings. The molecular formula is C11H21NO4S. The molecular weight excluding hydrogens is 242 g/mol. The number of sulfone groups is 1. The highest BCUT2D eigenvalue weighted by Crippen LogP contribution is 2.17. The van der Waals surface area contributed by atoms with Crippen molar-refractivity contribution in [3.8, 4) is 0 Å². The number of carbonyl (C=O) groups is 1. The summed E-state index contributed by atoms with van der Waals surface area (Å²) in [6.07, 6.45) is 5.48. The number of carbonyl (C=O) groups excluding carboxylic acids is 1. The first-order chi connectivity index (χ1) is 8.03. The van der Waals surface area contributed by atoms with E-state index in [1.807, 2.05) is 0 Å². The van der Waals surface area contributed by atoms with Gasteiger partial charge in [-0.3, -0.25) is 4.79 Å². The summed E-state index contributed by atoms with van der Waals surface area (Å²) in [5.41, 5.74) is 0. The van der Waals surface area contributed by atoms with Gasteiger partial charge in [0.2, 0.25) is 5.91 Å². The Hall–Kier alpha value is -0.620. The molecule has 2 N–H and O–H groups in total. The van der Waals surface area contributed by atoms with Gasteiger partial charge in [-0.25, -0.2) is 8.42 Å². The van der Waals surface area contributed by atoms with Crippen molar-refractivity contribution in [2.45, 2.75) is 44.6 Å². The zero-order valence-corrected chi connectivity index (χ0v) is 10.8. The minimum absolute atomic E-state index is 0.123. The van der Waals surface area contributed by atoms with Gasteiger partial charge in [-0.2, -0.15) is 0 Å². The van der Waals surface area contributed by atoms with Crippen LogP contribution in [-0.4, -0.2) is 43.6 Å². The molecule has 100 valence electrons. The lowest BCUT2D eigenvalue weighted by Crippen LogP contribution is -2.39. The number of nitrogens with one attached hydrogen (secondary N) is 1. The Morgan fingerprint density at radius 1 is 1.24 bits per heavy atom. The Kier molecular flexibility index (Phi) is 5.91. The molecule has 0 radical (unpaired) electrons. The van der Waals surface area contributed by atoms with Crippen molar-refractivity contribution in [1.29, 1.82) is 0 Å². The second-order valence-electron chi connectivity index (χ2n) is 4.57. The van der Waals surface area contributed by atoms with Gasteiger partial charge in [0.25, 0.3) is 0 Å². The molecule has 1 aliphatic carbocycles. The van der Waals surface area contributed by atoms with E-state index in [2.05, 4.69) is 5.32 Å². The summed E-state index contributed by atoms with van der Waals surface area (Å²) in [4.78, 5) is 11.5. The van der Waals surface area contributed by atoms with E-state index >= 15 is 0 Å². The van der Waals surface area contributed by atoms with Crippen LogP contribution in [0.2, 0.25) is 0 Å². The fraction of sp³-hybridized carbons (Fsp3) is 0.909. The normalized spacial score (nSPS) is 17.9. The van der Waals surface area contributed by atoms with Gasteiger partial charge in [-0.15, -0.1) is 0 Å². The van der Waals surface area contributed by atoms with Crippen LogP contribution in [0.5, 0.6) is 0 Å². The van der Waals surface area contributed by atoms with Crippen molar-refractivity contribution < 1.29 is 18.3 Å². The van der Waals surface area contributed by atoms with Crippen LogP contribution in [0.15, 0.2) is 0 Å². The van der Waals surface area contributed by atoms with E-state index in [1.54, 1.807) is 0 Å². The monoisotopic (exact) mass is 263 g/mol. The summed E-state index contributed by atoms with van der Waals surface area (Å²) >= 11 is 0. The molecule has 17 heavy (non-hydrogen) atoms. The van der Waals surface area contributed by atoms with Gasteiger partial charge in [-0.05, 0) is 19.3 Å². The summed E-state index contributed by atoms with van der Waals surface area (Å²) in [6.45, 7) is -0.163. The highest BCUT2D eigenvalue weighted by atomic mass is 32.2. The van der Waals surface area contributed by atoms with Crippen LogP contribution >= 0.6 is 0 Å². The summed E-state index contributed by atoms with van der Waals surface area (Å²) in [5, 5.41) is 11.3. The number of amides is 1.